The average Bonchev–Trinajstić information content (AvgIpc) is 2.75. The van der Waals surface area contributed by atoms with Crippen molar-refractivity contribution in [2.45, 2.75) is 26.2 Å². The summed E-state index contributed by atoms with van der Waals surface area (Å²) < 4.78 is 0. The minimum absolute atomic E-state index is 0. The van der Waals surface area contributed by atoms with Crippen LogP contribution in [0.4, 0.5) is 5.69 Å². The van der Waals surface area contributed by atoms with Crippen molar-refractivity contribution in [1.82, 2.24) is 0 Å². The molecular weight excluding hydrogens is 301 g/mol. The Balaban J connectivity index is -0.000000245. The van der Waals surface area contributed by atoms with Crippen LogP contribution in [-0.4, -0.2) is 0 Å². The molecule has 1 aromatic carbocycles. The first kappa shape index (κ1) is 22.9. The Morgan fingerprint density at radius 2 is 1.78 bits per heavy atom. The Labute approximate surface area is 138 Å². The standard InChI is InChI=1S/C9H12N.C5H5.2ClH.Ti/c1-7(2)8-5-3-4-6-9(8)10;1-2-4-5-3-1;;;/h3-7,10H,1-2H3;1-3H,4H2;2*1H;/q2*-1;;;+4/p-2. The SMILES string of the molecule is CC(C)c1ccccc1[NH-].[C-]1=CC=CC1.[Cl-].[Cl-].[Ti+4]. The van der Waals surface area contributed by atoms with E-state index in [0.29, 0.717) is 11.6 Å². The maximum atomic E-state index is 7.50. The summed E-state index contributed by atoms with van der Waals surface area (Å²) in [5.41, 5.74) is 9.28. The van der Waals surface area contributed by atoms with Gasteiger partial charge in [-0.1, -0.05) is 43.7 Å². The molecule has 4 heteroatoms. The van der Waals surface area contributed by atoms with Crippen LogP contribution >= 0.6 is 0 Å². The van der Waals surface area contributed by atoms with E-state index in [2.05, 4.69) is 26.0 Å². The molecule has 1 aliphatic carbocycles. The van der Waals surface area contributed by atoms with E-state index in [-0.39, 0.29) is 46.5 Å². The molecule has 0 heterocycles. The van der Waals surface area contributed by atoms with Gasteiger partial charge in [0.1, 0.15) is 0 Å². The number of hydrogen-bond donors (Lipinski definition) is 0. The van der Waals surface area contributed by atoms with Crippen molar-refractivity contribution in [3.05, 3.63) is 59.9 Å². The van der Waals surface area contributed by atoms with Crippen molar-refractivity contribution < 1.29 is 46.5 Å². The van der Waals surface area contributed by atoms with E-state index in [4.69, 9.17) is 5.73 Å². The quantitative estimate of drug-likeness (QED) is 0.459. The van der Waals surface area contributed by atoms with E-state index in [1.807, 2.05) is 36.4 Å². The second-order valence-corrected chi connectivity index (χ2v) is 3.75. The van der Waals surface area contributed by atoms with Crippen LogP contribution in [0.1, 0.15) is 31.7 Å². The summed E-state index contributed by atoms with van der Waals surface area (Å²) in [5.74, 6) is 0.466. The summed E-state index contributed by atoms with van der Waals surface area (Å²) in [6.07, 6.45) is 10.0. The Bertz CT molecular complexity index is 353. The van der Waals surface area contributed by atoms with Crippen LogP contribution in [-0.2, 0) is 21.7 Å². The minimum atomic E-state index is 0. The summed E-state index contributed by atoms with van der Waals surface area (Å²) in [7, 11) is 0. The van der Waals surface area contributed by atoms with Crippen molar-refractivity contribution in [2.24, 2.45) is 0 Å². The third kappa shape index (κ3) is 8.82. The van der Waals surface area contributed by atoms with Crippen molar-refractivity contribution in [1.29, 1.82) is 0 Å². The normalized spacial score (nSPS) is 10.6. The van der Waals surface area contributed by atoms with Gasteiger partial charge in [0.15, 0.2) is 0 Å². The first-order chi connectivity index (χ1) is 7.22. The predicted molar refractivity (Wildman–Crippen MR) is 66.1 cm³/mol. The van der Waals surface area contributed by atoms with Crippen LogP contribution < -0.4 is 24.8 Å². The Hall–Kier alpha value is -0.206. The summed E-state index contributed by atoms with van der Waals surface area (Å²) >= 11 is 0. The molecule has 0 aliphatic heterocycles. The molecule has 0 bridgehead atoms. The maximum Gasteiger partial charge on any atom is 4.00 e. The van der Waals surface area contributed by atoms with Gasteiger partial charge in [-0.25, -0.2) is 12.2 Å². The Morgan fingerprint density at radius 3 is 2.06 bits per heavy atom. The second kappa shape index (κ2) is 13.2. The molecule has 2 rings (SSSR count). The van der Waals surface area contributed by atoms with E-state index in [0.717, 1.165) is 12.0 Å². The fourth-order valence-corrected chi connectivity index (χ4v) is 1.34. The van der Waals surface area contributed by atoms with Gasteiger partial charge in [0.05, 0.1) is 0 Å². The molecule has 0 saturated carbocycles. The maximum absolute atomic E-state index is 7.50. The van der Waals surface area contributed by atoms with Gasteiger partial charge in [-0.05, 0) is 5.92 Å². The first-order valence-corrected chi connectivity index (χ1v) is 5.24. The van der Waals surface area contributed by atoms with E-state index in [9.17, 15) is 0 Å². The molecule has 0 atom stereocenters. The number of nitrogens with one attached hydrogen (secondary N) is 1. The van der Waals surface area contributed by atoms with E-state index < -0.39 is 0 Å². The fourth-order valence-electron chi connectivity index (χ4n) is 1.34. The average molecular weight is 318 g/mol. The van der Waals surface area contributed by atoms with Gasteiger partial charge in [-0.3, -0.25) is 6.08 Å². The molecule has 1 aliphatic rings. The summed E-state index contributed by atoms with van der Waals surface area (Å²) in [6.45, 7) is 4.21. The zero-order valence-corrected chi connectivity index (χ0v) is 13.7. The second-order valence-electron chi connectivity index (χ2n) is 3.75. The molecule has 0 radical (unpaired) electrons. The smallest absolute Gasteiger partial charge is 1.00 e. The molecule has 1 N–H and O–H groups in total. The van der Waals surface area contributed by atoms with Crippen LogP contribution in [0.3, 0.4) is 0 Å². The number of rotatable bonds is 1. The molecule has 0 unspecified atom stereocenters. The number of benzene rings is 1. The minimum Gasteiger partial charge on any atom is -1.00 e. The molecule has 0 spiro atoms. The van der Waals surface area contributed by atoms with Crippen molar-refractivity contribution in [2.75, 3.05) is 0 Å². The zero-order valence-electron chi connectivity index (χ0n) is 10.6. The van der Waals surface area contributed by atoms with E-state index in [1.165, 1.54) is 0 Å². The Kier molecular flexibility index (Phi) is 16.9. The van der Waals surface area contributed by atoms with Crippen LogP contribution in [0.2, 0.25) is 0 Å². The van der Waals surface area contributed by atoms with Gasteiger partial charge >= 0.3 is 21.7 Å². The molecule has 0 aromatic heterocycles. The van der Waals surface area contributed by atoms with Gasteiger partial charge in [0.2, 0.25) is 0 Å². The third-order valence-electron chi connectivity index (χ3n) is 2.17. The summed E-state index contributed by atoms with van der Waals surface area (Å²) in [5, 5.41) is 0. The predicted octanol–water partition coefficient (Wildman–Crippen LogP) is -1.20. The van der Waals surface area contributed by atoms with Crippen molar-refractivity contribution in [3.8, 4) is 0 Å². The van der Waals surface area contributed by atoms with Crippen molar-refractivity contribution >= 4 is 5.69 Å². The molecule has 0 fully saturated rings. The molecule has 18 heavy (non-hydrogen) atoms. The van der Waals surface area contributed by atoms with Gasteiger partial charge < -0.3 is 30.5 Å². The third-order valence-corrected chi connectivity index (χ3v) is 2.17. The van der Waals surface area contributed by atoms with Crippen LogP contribution in [0.5, 0.6) is 0 Å². The van der Waals surface area contributed by atoms with E-state index in [1.54, 1.807) is 0 Å². The molecule has 1 aromatic rings. The molecule has 0 saturated heterocycles. The number of hydrogen-bond acceptors (Lipinski definition) is 0. The fraction of sp³-hybridized carbons (Fsp3) is 0.286. The molecule has 0 amide bonds. The van der Waals surface area contributed by atoms with Gasteiger partial charge in [-0.15, -0.1) is 12.1 Å². The zero-order chi connectivity index (χ0) is 11.1. The molecule has 96 valence electrons. The van der Waals surface area contributed by atoms with Crippen molar-refractivity contribution in [3.63, 3.8) is 0 Å². The molecule has 1 nitrogen and oxygen atoms in total. The number of halogens is 2. The van der Waals surface area contributed by atoms with Crippen LogP contribution in [0.25, 0.3) is 5.73 Å². The van der Waals surface area contributed by atoms with Gasteiger partial charge in [0, 0.05) is 0 Å². The van der Waals surface area contributed by atoms with Gasteiger partial charge in [-0.2, -0.15) is 6.08 Å². The van der Waals surface area contributed by atoms with Crippen LogP contribution in [0.15, 0.2) is 42.5 Å². The molecular formula is C14H17Cl2NTi. The topological polar surface area (TPSA) is 23.8 Å². The van der Waals surface area contributed by atoms with Crippen LogP contribution in [0, 0.1) is 6.08 Å². The number of allylic oxidation sites excluding steroid dienone is 4. The monoisotopic (exact) mass is 317 g/mol. The van der Waals surface area contributed by atoms with E-state index >= 15 is 0 Å². The largest absolute Gasteiger partial charge is 4.00 e. The Morgan fingerprint density at radius 1 is 1.17 bits per heavy atom. The summed E-state index contributed by atoms with van der Waals surface area (Å²) in [6, 6.07) is 7.71. The summed E-state index contributed by atoms with van der Waals surface area (Å²) in [4.78, 5) is 0. The van der Waals surface area contributed by atoms with Gasteiger partial charge in [0.25, 0.3) is 0 Å². The first-order valence-electron chi connectivity index (χ1n) is 5.24.